The number of para-hydroxylation sites is 1. The van der Waals surface area contributed by atoms with Crippen LogP contribution >= 0.6 is 43.2 Å². The van der Waals surface area contributed by atoms with Gasteiger partial charge in [0, 0.05) is 17.8 Å². The average Bonchev–Trinajstić information content (AvgIpc) is 2.83. The summed E-state index contributed by atoms with van der Waals surface area (Å²) in [4.78, 5) is 14.4. The molecule has 0 saturated carbocycles. The van der Waals surface area contributed by atoms with E-state index in [1.807, 2.05) is 41.3 Å². The third-order valence-electron chi connectivity index (χ3n) is 2.91. The summed E-state index contributed by atoms with van der Waals surface area (Å²) in [6.07, 6.45) is 0.386. The Morgan fingerprint density at radius 2 is 2.00 bits per heavy atom. The SMILES string of the molecule is N#CCCN(CC(=O)c1cc(Br)sc1Br)c1ccccc1. The van der Waals surface area contributed by atoms with Crippen molar-refractivity contribution in [2.75, 3.05) is 18.0 Å². The van der Waals surface area contributed by atoms with Crippen LogP contribution in [0.25, 0.3) is 0 Å². The highest BCUT2D eigenvalue weighted by molar-refractivity contribution is 9.12. The number of hydrogen-bond donors (Lipinski definition) is 0. The van der Waals surface area contributed by atoms with Crippen molar-refractivity contribution in [1.82, 2.24) is 0 Å². The number of carbonyl (C=O) groups excluding carboxylic acids is 1. The molecular weight excluding hydrogens is 416 g/mol. The second-order valence-corrected chi connectivity index (χ2v) is 8.08. The second kappa shape index (κ2) is 7.74. The molecule has 2 rings (SSSR count). The predicted molar refractivity (Wildman–Crippen MR) is 92.9 cm³/mol. The zero-order valence-corrected chi connectivity index (χ0v) is 15.0. The summed E-state index contributed by atoms with van der Waals surface area (Å²) in [5.74, 6) is 0.0330. The van der Waals surface area contributed by atoms with Crippen molar-refractivity contribution in [3.8, 4) is 6.07 Å². The molecule has 0 radical (unpaired) electrons. The molecule has 0 bridgehead atoms. The molecule has 108 valence electrons. The number of anilines is 1. The van der Waals surface area contributed by atoms with Crippen LogP contribution in [-0.2, 0) is 0 Å². The fourth-order valence-corrected chi connectivity index (χ4v) is 4.77. The maximum atomic E-state index is 12.5. The Labute approximate surface area is 144 Å². The van der Waals surface area contributed by atoms with E-state index in [4.69, 9.17) is 5.26 Å². The van der Waals surface area contributed by atoms with Crippen molar-refractivity contribution in [1.29, 1.82) is 5.26 Å². The predicted octanol–water partition coefficient (Wildman–Crippen LogP) is 4.88. The van der Waals surface area contributed by atoms with Gasteiger partial charge in [-0.25, -0.2) is 0 Å². The van der Waals surface area contributed by atoms with Crippen molar-refractivity contribution in [3.05, 3.63) is 49.5 Å². The van der Waals surface area contributed by atoms with E-state index >= 15 is 0 Å². The molecule has 0 aliphatic carbocycles. The third kappa shape index (κ3) is 4.40. The summed E-state index contributed by atoms with van der Waals surface area (Å²) in [7, 11) is 0. The molecule has 1 aromatic carbocycles. The largest absolute Gasteiger partial charge is 0.363 e. The van der Waals surface area contributed by atoms with Gasteiger partial charge in [-0.3, -0.25) is 4.79 Å². The minimum absolute atomic E-state index is 0.0330. The lowest BCUT2D eigenvalue weighted by molar-refractivity contribution is 0.0999. The first kappa shape index (κ1) is 16.2. The quantitative estimate of drug-likeness (QED) is 0.617. The molecule has 0 fully saturated rings. The molecule has 0 spiro atoms. The Kier molecular flexibility index (Phi) is 5.97. The topological polar surface area (TPSA) is 44.1 Å². The minimum atomic E-state index is 0.0330. The van der Waals surface area contributed by atoms with E-state index in [2.05, 4.69) is 37.9 Å². The molecular formula is C15H12Br2N2OS. The van der Waals surface area contributed by atoms with Crippen LogP contribution in [0.2, 0.25) is 0 Å². The number of hydrogen-bond acceptors (Lipinski definition) is 4. The maximum absolute atomic E-state index is 12.5. The number of carbonyl (C=O) groups is 1. The standard InChI is InChI=1S/C15H12Br2N2OS/c16-14-9-12(15(17)21-14)13(20)10-19(8-4-7-18)11-5-2-1-3-6-11/h1-3,5-6,9H,4,8,10H2. The van der Waals surface area contributed by atoms with Gasteiger partial charge in [0.1, 0.15) is 0 Å². The molecule has 0 unspecified atom stereocenters. The van der Waals surface area contributed by atoms with Crippen molar-refractivity contribution < 1.29 is 4.79 Å². The minimum Gasteiger partial charge on any atom is -0.363 e. The second-order valence-electron chi connectivity index (χ2n) is 4.33. The Hall–Kier alpha value is -1.16. The van der Waals surface area contributed by atoms with Crippen LogP contribution < -0.4 is 4.90 Å². The van der Waals surface area contributed by atoms with Crippen LogP contribution in [0.1, 0.15) is 16.8 Å². The van der Waals surface area contributed by atoms with E-state index in [9.17, 15) is 4.79 Å². The summed E-state index contributed by atoms with van der Waals surface area (Å²) in [5, 5.41) is 8.79. The first-order chi connectivity index (χ1) is 10.1. The van der Waals surface area contributed by atoms with Gasteiger partial charge in [-0.15, -0.1) is 11.3 Å². The fraction of sp³-hybridized carbons (Fsp3) is 0.200. The molecule has 2 aromatic rings. The van der Waals surface area contributed by atoms with Crippen molar-refractivity contribution in [2.24, 2.45) is 0 Å². The van der Waals surface area contributed by atoms with Gasteiger partial charge >= 0.3 is 0 Å². The van der Waals surface area contributed by atoms with Crippen molar-refractivity contribution in [2.45, 2.75) is 6.42 Å². The summed E-state index contributed by atoms with van der Waals surface area (Å²) in [6.45, 7) is 0.794. The molecule has 0 N–H and O–H groups in total. The normalized spacial score (nSPS) is 10.1. The van der Waals surface area contributed by atoms with E-state index < -0.39 is 0 Å². The Bertz CT molecular complexity index is 664. The first-order valence-corrected chi connectivity index (χ1v) is 8.67. The van der Waals surface area contributed by atoms with Gasteiger partial charge in [0.05, 0.1) is 26.6 Å². The van der Waals surface area contributed by atoms with Crippen molar-refractivity contribution in [3.63, 3.8) is 0 Å². The average molecular weight is 428 g/mol. The molecule has 6 heteroatoms. The summed E-state index contributed by atoms with van der Waals surface area (Å²) < 4.78 is 1.74. The summed E-state index contributed by atoms with van der Waals surface area (Å²) in [5.41, 5.74) is 1.62. The van der Waals surface area contributed by atoms with E-state index in [1.165, 1.54) is 11.3 Å². The lowest BCUT2D eigenvalue weighted by Gasteiger charge is -2.22. The molecule has 21 heavy (non-hydrogen) atoms. The zero-order valence-electron chi connectivity index (χ0n) is 11.1. The molecule has 1 heterocycles. The molecule has 1 aromatic heterocycles. The Morgan fingerprint density at radius 1 is 1.29 bits per heavy atom. The molecule has 0 atom stereocenters. The number of halogens is 2. The number of rotatable bonds is 6. The van der Waals surface area contributed by atoms with Crippen LogP contribution in [0.3, 0.4) is 0 Å². The van der Waals surface area contributed by atoms with Crippen LogP contribution in [0.15, 0.2) is 44.0 Å². The first-order valence-electron chi connectivity index (χ1n) is 6.27. The lowest BCUT2D eigenvalue weighted by atomic mass is 10.2. The van der Waals surface area contributed by atoms with Crippen molar-refractivity contribution >= 4 is 54.7 Å². The number of nitriles is 1. The summed E-state index contributed by atoms with van der Waals surface area (Å²) in [6, 6.07) is 13.6. The van der Waals surface area contributed by atoms with E-state index in [-0.39, 0.29) is 12.3 Å². The zero-order chi connectivity index (χ0) is 15.2. The number of Topliss-reactive ketones (excluding diaryl/α,β-unsaturated/α-hetero) is 1. The van der Waals surface area contributed by atoms with Gasteiger partial charge in [-0.2, -0.15) is 5.26 Å². The molecule has 3 nitrogen and oxygen atoms in total. The molecule has 0 saturated heterocycles. The summed E-state index contributed by atoms with van der Waals surface area (Å²) >= 11 is 8.28. The van der Waals surface area contributed by atoms with Gasteiger partial charge in [0.2, 0.25) is 0 Å². The van der Waals surface area contributed by atoms with Gasteiger partial charge in [-0.1, -0.05) is 18.2 Å². The number of benzene rings is 1. The van der Waals surface area contributed by atoms with Gasteiger partial charge in [0.25, 0.3) is 0 Å². The highest BCUT2D eigenvalue weighted by Gasteiger charge is 2.17. The number of nitrogens with zero attached hydrogens (tertiary/aromatic N) is 2. The monoisotopic (exact) mass is 426 g/mol. The molecule has 0 aliphatic heterocycles. The van der Waals surface area contributed by atoms with E-state index in [0.29, 0.717) is 18.5 Å². The van der Waals surface area contributed by atoms with Crippen LogP contribution in [0.4, 0.5) is 5.69 Å². The van der Waals surface area contributed by atoms with Crippen LogP contribution in [0.5, 0.6) is 0 Å². The van der Waals surface area contributed by atoms with Crippen LogP contribution in [-0.4, -0.2) is 18.9 Å². The number of ketones is 1. The smallest absolute Gasteiger partial charge is 0.184 e. The third-order valence-corrected chi connectivity index (χ3v) is 5.25. The Morgan fingerprint density at radius 3 is 2.57 bits per heavy atom. The fourth-order valence-electron chi connectivity index (χ4n) is 1.91. The molecule has 0 amide bonds. The van der Waals surface area contributed by atoms with E-state index in [1.54, 1.807) is 0 Å². The van der Waals surface area contributed by atoms with Crippen LogP contribution in [0, 0.1) is 11.3 Å². The lowest BCUT2D eigenvalue weighted by Crippen LogP contribution is -2.30. The van der Waals surface area contributed by atoms with E-state index in [0.717, 1.165) is 13.3 Å². The number of thiophene rings is 1. The Balaban J connectivity index is 2.17. The highest BCUT2D eigenvalue weighted by Crippen LogP contribution is 2.32. The highest BCUT2D eigenvalue weighted by atomic mass is 79.9. The molecule has 0 aliphatic rings. The van der Waals surface area contributed by atoms with Gasteiger partial charge in [0.15, 0.2) is 5.78 Å². The maximum Gasteiger partial charge on any atom is 0.184 e. The van der Waals surface area contributed by atoms with Gasteiger partial charge in [-0.05, 0) is 50.1 Å². The van der Waals surface area contributed by atoms with Gasteiger partial charge < -0.3 is 4.90 Å².